The molecule has 0 aliphatic heterocycles. The van der Waals surface area contributed by atoms with Crippen molar-refractivity contribution in [1.82, 2.24) is 0 Å². The van der Waals surface area contributed by atoms with Crippen molar-refractivity contribution in [3.8, 4) is 0 Å². The molecule has 0 heterocycles. The molecule has 0 spiro atoms. The summed E-state index contributed by atoms with van der Waals surface area (Å²) in [5, 5.41) is 5.13. The van der Waals surface area contributed by atoms with Gasteiger partial charge in [-0.2, -0.15) is 0 Å². The van der Waals surface area contributed by atoms with Gasteiger partial charge in [-0.1, -0.05) is 26.3 Å². The van der Waals surface area contributed by atoms with Crippen molar-refractivity contribution in [2.75, 3.05) is 24.2 Å². The number of nitrogens with two attached hydrogens (primary N) is 2. The second-order valence-corrected chi connectivity index (χ2v) is 6.16. The number of nitrogens with zero attached hydrogens (tertiary/aromatic N) is 1. The average Bonchev–Trinajstić information content (AvgIpc) is 2.27. The monoisotopic (exact) mass is 271 g/mol. The highest BCUT2D eigenvalue weighted by atomic mass is 32.2. The summed E-state index contributed by atoms with van der Waals surface area (Å²) in [4.78, 5) is 1.94. The largest absolute Gasteiger partial charge is 0.396 e. The van der Waals surface area contributed by atoms with Crippen LogP contribution in [0.15, 0.2) is 23.1 Å². The average molecular weight is 271 g/mol. The highest BCUT2D eigenvalue weighted by Crippen LogP contribution is 2.28. The summed E-state index contributed by atoms with van der Waals surface area (Å²) in [5.41, 5.74) is 6.80. The maximum Gasteiger partial charge on any atom is 0.240 e. The Balaban J connectivity index is 3.12. The van der Waals surface area contributed by atoms with E-state index in [-0.39, 0.29) is 10.6 Å². The van der Waals surface area contributed by atoms with Crippen molar-refractivity contribution in [3.05, 3.63) is 18.2 Å². The van der Waals surface area contributed by atoms with Gasteiger partial charge < -0.3 is 10.6 Å². The Kier molecular flexibility index (Phi) is 4.59. The third kappa shape index (κ3) is 3.36. The summed E-state index contributed by atoms with van der Waals surface area (Å²) < 4.78 is 22.8. The molecule has 1 unspecified atom stereocenters. The summed E-state index contributed by atoms with van der Waals surface area (Å²) in [5.74, 6) is 0.507. The van der Waals surface area contributed by atoms with Gasteiger partial charge in [0.25, 0.3) is 0 Å². The Hall–Kier alpha value is -1.27. The standard InChI is InChI=1S/C12H21N3O2S/c1-4-9(2)8-15(3)10-6-5-7-11(12(10)13)18(14,16)17/h5-7,9H,4,8,13H2,1-3H3,(H2,14,16,17). The van der Waals surface area contributed by atoms with Crippen molar-refractivity contribution in [1.29, 1.82) is 0 Å². The van der Waals surface area contributed by atoms with Crippen molar-refractivity contribution in [2.24, 2.45) is 11.1 Å². The molecule has 0 aromatic heterocycles. The van der Waals surface area contributed by atoms with Gasteiger partial charge in [-0.25, -0.2) is 13.6 Å². The number of sulfonamides is 1. The first-order valence-corrected chi connectivity index (χ1v) is 7.44. The van der Waals surface area contributed by atoms with E-state index in [1.54, 1.807) is 12.1 Å². The number of benzene rings is 1. The van der Waals surface area contributed by atoms with E-state index in [1.165, 1.54) is 6.07 Å². The fourth-order valence-corrected chi connectivity index (χ4v) is 2.49. The molecule has 1 aromatic rings. The number of para-hydroxylation sites is 1. The molecule has 0 fully saturated rings. The van der Waals surface area contributed by atoms with Gasteiger partial charge in [-0.05, 0) is 18.1 Å². The molecule has 0 aliphatic carbocycles. The van der Waals surface area contributed by atoms with Crippen LogP contribution in [0.1, 0.15) is 20.3 Å². The summed E-state index contributed by atoms with van der Waals surface area (Å²) >= 11 is 0. The molecule has 18 heavy (non-hydrogen) atoms. The van der Waals surface area contributed by atoms with E-state index in [2.05, 4.69) is 13.8 Å². The Morgan fingerprint density at radius 3 is 2.50 bits per heavy atom. The molecule has 6 heteroatoms. The minimum atomic E-state index is -3.78. The molecule has 0 radical (unpaired) electrons. The molecular weight excluding hydrogens is 250 g/mol. The minimum Gasteiger partial charge on any atom is -0.396 e. The van der Waals surface area contributed by atoms with E-state index in [0.717, 1.165) is 13.0 Å². The van der Waals surface area contributed by atoms with Crippen molar-refractivity contribution >= 4 is 21.4 Å². The van der Waals surface area contributed by atoms with Crippen LogP contribution in [0.3, 0.4) is 0 Å². The van der Waals surface area contributed by atoms with Crippen LogP contribution in [-0.2, 0) is 10.0 Å². The Bertz CT molecular complexity index is 514. The zero-order valence-corrected chi connectivity index (χ0v) is 11.9. The smallest absolute Gasteiger partial charge is 0.240 e. The summed E-state index contributed by atoms with van der Waals surface area (Å²) in [6.45, 7) is 5.06. The van der Waals surface area contributed by atoms with Crippen molar-refractivity contribution < 1.29 is 8.42 Å². The number of primary sulfonamides is 1. The molecule has 1 aromatic carbocycles. The highest BCUT2D eigenvalue weighted by Gasteiger charge is 2.17. The van der Waals surface area contributed by atoms with Gasteiger partial charge in [-0.15, -0.1) is 0 Å². The predicted molar refractivity (Wildman–Crippen MR) is 75.0 cm³/mol. The van der Waals surface area contributed by atoms with Crippen molar-refractivity contribution in [2.45, 2.75) is 25.2 Å². The minimum absolute atomic E-state index is 0.0176. The molecule has 4 N–H and O–H groups in total. The second kappa shape index (κ2) is 5.58. The highest BCUT2D eigenvalue weighted by molar-refractivity contribution is 7.89. The molecule has 0 bridgehead atoms. The van der Waals surface area contributed by atoms with Crippen LogP contribution < -0.4 is 15.8 Å². The maximum absolute atomic E-state index is 11.4. The third-order valence-electron chi connectivity index (χ3n) is 3.04. The quantitative estimate of drug-likeness (QED) is 0.792. The van der Waals surface area contributed by atoms with Crippen LogP contribution in [-0.4, -0.2) is 22.0 Å². The SMILES string of the molecule is CCC(C)CN(C)c1cccc(S(N)(=O)=O)c1N. The molecule has 0 aliphatic rings. The summed E-state index contributed by atoms with van der Waals surface area (Å²) in [6.07, 6.45) is 1.05. The summed E-state index contributed by atoms with van der Waals surface area (Å²) in [6, 6.07) is 4.87. The van der Waals surface area contributed by atoms with E-state index >= 15 is 0 Å². The van der Waals surface area contributed by atoms with Crippen LogP contribution in [0.4, 0.5) is 11.4 Å². The van der Waals surface area contributed by atoms with Crippen molar-refractivity contribution in [3.63, 3.8) is 0 Å². The first-order chi connectivity index (χ1) is 8.27. The zero-order valence-electron chi connectivity index (χ0n) is 11.1. The third-order valence-corrected chi connectivity index (χ3v) is 4.01. The molecule has 102 valence electrons. The second-order valence-electron chi connectivity index (χ2n) is 4.63. The van der Waals surface area contributed by atoms with Gasteiger partial charge in [0.05, 0.1) is 11.4 Å². The van der Waals surface area contributed by atoms with E-state index in [1.807, 2.05) is 11.9 Å². The first-order valence-electron chi connectivity index (χ1n) is 5.89. The van der Waals surface area contributed by atoms with Crippen LogP contribution in [0.25, 0.3) is 0 Å². The fraction of sp³-hybridized carbons (Fsp3) is 0.500. The number of nitrogen functional groups attached to an aromatic ring is 1. The molecule has 0 amide bonds. The molecule has 1 atom stereocenters. The summed E-state index contributed by atoms with van der Waals surface area (Å²) in [7, 11) is -1.88. The van der Waals surface area contributed by atoms with Gasteiger partial charge in [-0.3, -0.25) is 0 Å². The van der Waals surface area contributed by atoms with Crippen LogP contribution in [0.2, 0.25) is 0 Å². The maximum atomic E-state index is 11.4. The Morgan fingerprint density at radius 2 is 2.00 bits per heavy atom. The fourth-order valence-electron chi connectivity index (χ4n) is 1.81. The Labute approximate surface area is 109 Å². The van der Waals surface area contributed by atoms with Crippen LogP contribution in [0, 0.1) is 5.92 Å². The van der Waals surface area contributed by atoms with E-state index in [0.29, 0.717) is 11.6 Å². The lowest BCUT2D eigenvalue weighted by Gasteiger charge is -2.24. The number of anilines is 2. The topological polar surface area (TPSA) is 89.4 Å². The van der Waals surface area contributed by atoms with Gasteiger partial charge in [0, 0.05) is 13.6 Å². The van der Waals surface area contributed by atoms with Gasteiger partial charge in [0.2, 0.25) is 10.0 Å². The molecular formula is C12H21N3O2S. The number of rotatable bonds is 5. The normalized spacial score (nSPS) is 13.3. The van der Waals surface area contributed by atoms with Gasteiger partial charge in [0.1, 0.15) is 4.90 Å². The van der Waals surface area contributed by atoms with E-state index in [4.69, 9.17) is 10.9 Å². The zero-order chi connectivity index (χ0) is 13.9. The lowest BCUT2D eigenvalue weighted by atomic mass is 10.1. The lowest BCUT2D eigenvalue weighted by Crippen LogP contribution is -2.25. The van der Waals surface area contributed by atoms with Crippen LogP contribution in [0.5, 0.6) is 0 Å². The van der Waals surface area contributed by atoms with E-state index < -0.39 is 10.0 Å². The molecule has 1 rings (SSSR count). The number of hydrogen-bond acceptors (Lipinski definition) is 4. The van der Waals surface area contributed by atoms with Gasteiger partial charge in [0.15, 0.2) is 0 Å². The molecule has 0 saturated carbocycles. The Morgan fingerprint density at radius 1 is 1.39 bits per heavy atom. The predicted octanol–water partition coefficient (Wildman–Crippen LogP) is 1.40. The molecule has 0 saturated heterocycles. The molecule has 5 nitrogen and oxygen atoms in total. The first kappa shape index (κ1) is 14.8. The lowest BCUT2D eigenvalue weighted by molar-refractivity contribution is 0.560. The van der Waals surface area contributed by atoms with E-state index in [9.17, 15) is 8.42 Å². The number of hydrogen-bond donors (Lipinski definition) is 2. The van der Waals surface area contributed by atoms with Crippen LogP contribution >= 0.6 is 0 Å². The van der Waals surface area contributed by atoms with Gasteiger partial charge >= 0.3 is 0 Å².